The predicted molar refractivity (Wildman–Crippen MR) is 75.1 cm³/mol. The SMILES string of the molecule is CCCCCc1ccc(NC(=O)C(C)C(=O)O)cc1. The smallest absolute Gasteiger partial charge is 0.315 e. The Hall–Kier alpha value is -1.84. The van der Waals surface area contributed by atoms with Gasteiger partial charge in [-0.3, -0.25) is 9.59 Å². The standard InChI is InChI=1S/C15H21NO3/c1-3-4-5-6-12-7-9-13(10-8-12)16-14(17)11(2)15(18)19/h7-11H,3-6H2,1-2H3,(H,16,17)(H,18,19). The Labute approximate surface area is 113 Å². The van der Waals surface area contributed by atoms with E-state index in [1.165, 1.54) is 25.3 Å². The molecule has 1 aromatic carbocycles. The van der Waals surface area contributed by atoms with Crippen molar-refractivity contribution >= 4 is 17.6 Å². The molecular formula is C15H21NO3. The zero-order valence-electron chi connectivity index (χ0n) is 11.5. The lowest BCUT2D eigenvalue weighted by Crippen LogP contribution is -2.26. The van der Waals surface area contributed by atoms with Gasteiger partial charge in [0.1, 0.15) is 5.92 Å². The van der Waals surface area contributed by atoms with Crippen molar-refractivity contribution in [3.8, 4) is 0 Å². The Morgan fingerprint density at radius 3 is 2.37 bits per heavy atom. The molecule has 1 amide bonds. The molecule has 0 saturated carbocycles. The summed E-state index contributed by atoms with van der Waals surface area (Å²) in [5.74, 6) is -2.65. The molecule has 0 radical (unpaired) electrons. The number of carbonyl (C=O) groups excluding carboxylic acids is 1. The van der Waals surface area contributed by atoms with E-state index in [1.54, 1.807) is 0 Å². The Morgan fingerprint density at radius 2 is 1.84 bits per heavy atom. The number of carboxylic acid groups (broad SMARTS) is 1. The van der Waals surface area contributed by atoms with Gasteiger partial charge < -0.3 is 10.4 Å². The molecule has 4 nitrogen and oxygen atoms in total. The Balaban J connectivity index is 2.52. The minimum absolute atomic E-state index is 0.494. The first-order valence-electron chi connectivity index (χ1n) is 6.67. The summed E-state index contributed by atoms with van der Waals surface area (Å²) in [5, 5.41) is 11.3. The lowest BCUT2D eigenvalue weighted by molar-refractivity contribution is -0.144. The van der Waals surface area contributed by atoms with Gasteiger partial charge in [-0.25, -0.2) is 0 Å². The van der Waals surface area contributed by atoms with E-state index in [2.05, 4.69) is 12.2 Å². The lowest BCUT2D eigenvalue weighted by atomic mass is 10.1. The first-order valence-corrected chi connectivity index (χ1v) is 6.67. The Bertz CT molecular complexity index is 426. The van der Waals surface area contributed by atoms with Gasteiger partial charge in [0.05, 0.1) is 0 Å². The van der Waals surface area contributed by atoms with Gasteiger partial charge >= 0.3 is 5.97 Å². The topological polar surface area (TPSA) is 66.4 Å². The summed E-state index contributed by atoms with van der Waals surface area (Å²) in [7, 11) is 0. The van der Waals surface area contributed by atoms with E-state index >= 15 is 0 Å². The van der Waals surface area contributed by atoms with Gasteiger partial charge in [0.25, 0.3) is 0 Å². The average Bonchev–Trinajstić information content (AvgIpc) is 2.40. The molecule has 0 aromatic heterocycles. The van der Waals surface area contributed by atoms with Crippen LogP contribution in [-0.2, 0) is 16.0 Å². The second kappa shape index (κ2) is 7.56. The fourth-order valence-corrected chi connectivity index (χ4v) is 1.70. The maximum atomic E-state index is 11.6. The molecule has 0 heterocycles. The van der Waals surface area contributed by atoms with Crippen molar-refractivity contribution < 1.29 is 14.7 Å². The normalized spacial score (nSPS) is 11.9. The molecule has 0 aliphatic heterocycles. The molecule has 0 spiro atoms. The molecule has 1 rings (SSSR count). The summed E-state index contributed by atoms with van der Waals surface area (Å²) >= 11 is 0. The Kier molecular flexibility index (Phi) is 6.06. The molecule has 4 heteroatoms. The number of unbranched alkanes of at least 4 members (excludes halogenated alkanes) is 2. The fraction of sp³-hybridized carbons (Fsp3) is 0.467. The van der Waals surface area contributed by atoms with E-state index in [1.807, 2.05) is 24.3 Å². The summed E-state index contributed by atoms with van der Waals surface area (Å²) in [6.07, 6.45) is 4.61. The summed E-state index contributed by atoms with van der Waals surface area (Å²) < 4.78 is 0. The quantitative estimate of drug-likeness (QED) is 0.587. The van der Waals surface area contributed by atoms with Crippen LogP contribution >= 0.6 is 0 Å². The van der Waals surface area contributed by atoms with E-state index in [4.69, 9.17) is 5.11 Å². The first kappa shape index (κ1) is 15.2. The molecule has 1 aromatic rings. The molecule has 104 valence electrons. The monoisotopic (exact) mass is 263 g/mol. The van der Waals surface area contributed by atoms with Crippen LogP contribution in [0.4, 0.5) is 5.69 Å². The van der Waals surface area contributed by atoms with Crippen LogP contribution in [0.1, 0.15) is 38.7 Å². The van der Waals surface area contributed by atoms with Gasteiger partial charge in [0.15, 0.2) is 0 Å². The second-order valence-electron chi connectivity index (χ2n) is 4.70. The first-order chi connectivity index (χ1) is 9.04. The lowest BCUT2D eigenvalue weighted by Gasteiger charge is -2.09. The molecule has 2 N–H and O–H groups in total. The summed E-state index contributed by atoms with van der Waals surface area (Å²) in [4.78, 5) is 22.2. The van der Waals surface area contributed by atoms with Crippen molar-refractivity contribution in [3.63, 3.8) is 0 Å². The van der Waals surface area contributed by atoms with Crippen molar-refractivity contribution in [2.45, 2.75) is 39.5 Å². The van der Waals surface area contributed by atoms with Gasteiger partial charge in [0.2, 0.25) is 5.91 Å². The number of nitrogens with one attached hydrogen (secondary N) is 1. The highest BCUT2D eigenvalue weighted by Gasteiger charge is 2.20. The number of amides is 1. The molecule has 1 unspecified atom stereocenters. The Morgan fingerprint density at radius 1 is 1.21 bits per heavy atom. The molecule has 0 bridgehead atoms. The van der Waals surface area contributed by atoms with E-state index in [-0.39, 0.29) is 0 Å². The summed E-state index contributed by atoms with van der Waals surface area (Å²) in [6.45, 7) is 3.54. The van der Waals surface area contributed by atoms with Gasteiger partial charge in [-0.15, -0.1) is 0 Å². The van der Waals surface area contributed by atoms with Crippen LogP contribution in [-0.4, -0.2) is 17.0 Å². The predicted octanol–water partition coefficient (Wildman–Crippen LogP) is 3.08. The van der Waals surface area contributed by atoms with Crippen molar-refractivity contribution in [2.24, 2.45) is 5.92 Å². The van der Waals surface area contributed by atoms with E-state index < -0.39 is 17.8 Å². The highest BCUT2D eigenvalue weighted by Crippen LogP contribution is 2.13. The zero-order chi connectivity index (χ0) is 14.3. The number of anilines is 1. The van der Waals surface area contributed by atoms with Crippen molar-refractivity contribution in [2.75, 3.05) is 5.32 Å². The number of carboxylic acids is 1. The molecular weight excluding hydrogens is 242 g/mol. The molecule has 0 aliphatic rings. The van der Waals surface area contributed by atoms with Crippen LogP contribution < -0.4 is 5.32 Å². The van der Waals surface area contributed by atoms with E-state index in [9.17, 15) is 9.59 Å². The maximum absolute atomic E-state index is 11.6. The van der Waals surface area contributed by atoms with Crippen LogP contribution in [0.2, 0.25) is 0 Å². The van der Waals surface area contributed by atoms with Crippen LogP contribution in [0, 0.1) is 5.92 Å². The summed E-state index contributed by atoms with van der Waals surface area (Å²) in [6, 6.07) is 7.56. The highest BCUT2D eigenvalue weighted by atomic mass is 16.4. The number of rotatable bonds is 7. The van der Waals surface area contributed by atoms with Crippen LogP contribution in [0.25, 0.3) is 0 Å². The number of benzene rings is 1. The molecule has 19 heavy (non-hydrogen) atoms. The molecule has 1 atom stereocenters. The zero-order valence-corrected chi connectivity index (χ0v) is 11.5. The van der Waals surface area contributed by atoms with Gasteiger partial charge in [-0.05, 0) is 37.5 Å². The third-order valence-corrected chi connectivity index (χ3v) is 3.05. The highest BCUT2D eigenvalue weighted by molar-refractivity contribution is 6.03. The fourth-order valence-electron chi connectivity index (χ4n) is 1.70. The minimum atomic E-state index is -1.12. The van der Waals surface area contributed by atoms with Gasteiger partial charge in [-0.1, -0.05) is 31.9 Å². The second-order valence-corrected chi connectivity index (χ2v) is 4.70. The van der Waals surface area contributed by atoms with Gasteiger partial charge in [0, 0.05) is 5.69 Å². The van der Waals surface area contributed by atoms with E-state index in [0.29, 0.717) is 5.69 Å². The number of hydrogen-bond donors (Lipinski definition) is 2. The third kappa shape index (κ3) is 5.12. The van der Waals surface area contributed by atoms with Crippen molar-refractivity contribution in [1.29, 1.82) is 0 Å². The number of hydrogen-bond acceptors (Lipinski definition) is 2. The molecule has 0 fully saturated rings. The largest absolute Gasteiger partial charge is 0.481 e. The minimum Gasteiger partial charge on any atom is -0.481 e. The van der Waals surface area contributed by atoms with Crippen molar-refractivity contribution in [1.82, 2.24) is 0 Å². The van der Waals surface area contributed by atoms with E-state index in [0.717, 1.165) is 12.8 Å². The average molecular weight is 263 g/mol. The van der Waals surface area contributed by atoms with Crippen molar-refractivity contribution in [3.05, 3.63) is 29.8 Å². The molecule has 0 aliphatic carbocycles. The molecule has 0 saturated heterocycles. The third-order valence-electron chi connectivity index (χ3n) is 3.05. The van der Waals surface area contributed by atoms with Crippen LogP contribution in [0.5, 0.6) is 0 Å². The van der Waals surface area contributed by atoms with Crippen LogP contribution in [0.15, 0.2) is 24.3 Å². The maximum Gasteiger partial charge on any atom is 0.315 e. The number of aliphatic carboxylic acids is 1. The summed E-state index contributed by atoms with van der Waals surface area (Å²) in [5.41, 5.74) is 1.87. The van der Waals surface area contributed by atoms with Gasteiger partial charge in [-0.2, -0.15) is 0 Å². The van der Waals surface area contributed by atoms with Crippen LogP contribution in [0.3, 0.4) is 0 Å². The number of carbonyl (C=O) groups is 2. The number of aryl methyl sites for hydroxylation is 1.